The minimum absolute atomic E-state index is 0.258. The molecule has 4 aromatic rings. The van der Waals surface area contributed by atoms with E-state index in [1.807, 2.05) is 0 Å². The maximum atomic E-state index is 13.4. The highest BCUT2D eigenvalue weighted by molar-refractivity contribution is 7.22. The van der Waals surface area contributed by atoms with Gasteiger partial charge in [0, 0.05) is 43.6 Å². The van der Waals surface area contributed by atoms with E-state index >= 15 is 0 Å². The molecule has 0 atom stereocenters. The molecule has 36 heavy (non-hydrogen) atoms. The Balaban J connectivity index is 1.18. The summed E-state index contributed by atoms with van der Waals surface area (Å²) in [5.41, 5.74) is 1.89. The summed E-state index contributed by atoms with van der Waals surface area (Å²) >= 11 is 1.29. The maximum absolute atomic E-state index is 13.4. The number of amides is 4. The number of benzene rings is 2. The summed E-state index contributed by atoms with van der Waals surface area (Å²) in [6.45, 7) is 1.40. The molecule has 0 spiro atoms. The lowest BCUT2D eigenvalue weighted by Gasteiger charge is -2.34. The predicted octanol–water partition coefficient (Wildman–Crippen LogP) is 4.07. The molecule has 3 heterocycles. The summed E-state index contributed by atoms with van der Waals surface area (Å²) in [5.74, 6) is -1.04. The zero-order chi connectivity index (χ0) is 25.1. The monoisotopic (exact) mass is 504 g/mol. The van der Waals surface area contributed by atoms with Crippen LogP contribution in [0.1, 0.15) is 20.8 Å². The number of nitrogens with one attached hydrogen (secondary N) is 2. The van der Waals surface area contributed by atoms with E-state index in [0.717, 1.165) is 4.70 Å². The Bertz CT molecular complexity index is 1440. The third kappa shape index (κ3) is 5.15. The van der Waals surface area contributed by atoms with Crippen LogP contribution in [-0.2, 0) is 0 Å². The maximum Gasteiger partial charge on any atom is 0.323 e. The fourth-order valence-corrected chi connectivity index (χ4v) is 4.73. The first-order valence-corrected chi connectivity index (χ1v) is 12.0. The van der Waals surface area contributed by atoms with Crippen LogP contribution >= 0.6 is 11.3 Å². The normalized spacial score (nSPS) is 13.5. The molecule has 1 fully saturated rings. The van der Waals surface area contributed by atoms with Crippen molar-refractivity contribution in [3.05, 3.63) is 83.9 Å². The quantitative estimate of drug-likeness (QED) is 0.436. The highest BCUT2D eigenvalue weighted by Crippen LogP contribution is 2.29. The molecule has 0 unspecified atom stereocenters. The van der Waals surface area contributed by atoms with Crippen LogP contribution in [-0.4, -0.2) is 63.8 Å². The van der Waals surface area contributed by atoms with Crippen LogP contribution in [0, 0.1) is 5.82 Å². The Morgan fingerprint density at radius 3 is 2.44 bits per heavy atom. The Labute approximate surface area is 209 Å². The standard InChI is InChI=1S/C25H21FN6O3S/c26-17-5-3-4-16(14-17)23(34)31-10-12-32(13-11-31)25(35)30-24-29-19-8-7-18(15-21(19)36-24)28-22(33)20-6-1-2-9-27-20/h1-9,14-15H,10-13H2,(H,28,33)(H,29,30,35). The minimum atomic E-state index is -0.461. The highest BCUT2D eigenvalue weighted by Gasteiger charge is 2.25. The van der Waals surface area contributed by atoms with Gasteiger partial charge in [-0.05, 0) is 48.5 Å². The number of urea groups is 1. The average Bonchev–Trinajstić information content (AvgIpc) is 3.30. The second-order valence-electron chi connectivity index (χ2n) is 8.09. The number of aromatic nitrogens is 2. The molecule has 182 valence electrons. The molecule has 9 nitrogen and oxygen atoms in total. The predicted molar refractivity (Wildman–Crippen MR) is 135 cm³/mol. The van der Waals surface area contributed by atoms with E-state index in [1.54, 1.807) is 58.5 Å². The Morgan fingerprint density at radius 2 is 1.69 bits per heavy atom. The van der Waals surface area contributed by atoms with E-state index in [1.165, 1.54) is 29.5 Å². The third-order valence-corrected chi connectivity index (χ3v) is 6.62. The Morgan fingerprint density at radius 1 is 0.889 bits per heavy atom. The molecule has 0 aliphatic carbocycles. The molecule has 2 aromatic carbocycles. The van der Waals surface area contributed by atoms with Crippen molar-refractivity contribution in [2.75, 3.05) is 36.8 Å². The SMILES string of the molecule is O=C(Nc1ccc2nc(NC(=O)N3CCN(C(=O)c4cccc(F)c4)CC3)sc2c1)c1ccccn1. The molecule has 1 aliphatic rings. The van der Waals surface area contributed by atoms with Gasteiger partial charge in [-0.25, -0.2) is 14.2 Å². The zero-order valence-electron chi connectivity index (χ0n) is 19.0. The first-order chi connectivity index (χ1) is 17.5. The lowest BCUT2D eigenvalue weighted by atomic mass is 10.2. The lowest BCUT2D eigenvalue weighted by molar-refractivity contribution is 0.0671. The number of hydrogen-bond donors (Lipinski definition) is 2. The summed E-state index contributed by atoms with van der Waals surface area (Å²) in [4.78, 5) is 49.4. The fraction of sp³-hybridized carbons (Fsp3) is 0.160. The van der Waals surface area contributed by atoms with Crippen LogP contribution in [0.25, 0.3) is 10.2 Å². The van der Waals surface area contributed by atoms with Crippen LogP contribution in [0.4, 0.5) is 20.0 Å². The molecule has 1 saturated heterocycles. The molecule has 0 radical (unpaired) electrons. The van der Waals surface area contributed by atoms with Gasteiger partial charge < -0.3 is 15.1 Å². The molecule has 2 N–H and O–H groups in total. The Hall–Kier alpha value is -4.38. The first kappa shape index (κ1) is 23.4. The molecule has 2 aromatic heterocycles. The lowest BCUT2D eigenvalue weighted by Crippen LogP contribution is -2.51. The Kier molecular flexibility index (Phi) is 6.54. The first-order valence-electron chi connectivity index (χ1n) is 11.2. The third-order valence-electron chi connectivity index (χ3n) is 5.68. The number of nitrogens with zero attached hydrogens (tertiary/aromatic N) is 4. The number of rotatable bonds is 4. The van der Waals surface area contributed by atoms with Gasteiger partial charge in [-0.1, -0.05) is 23.5 Å². The number of pyridine rings is 1. The van der Waals surface area contributed by atoms with Crippen molar-refractivity contribution in [2.24, 2.45) is 0 Å². The van der Waals surface area contributed by atoms with Crippen molar-refractivity contribution in [1.29, 1.82) is 0 Å². The van der Waals surface area contributed by atoms with Gasteiger partial charge in [-0.3, -0.25) is 19.9 Å². The van der Waals surface area contributed by atoms with Crippen molar-refractivity contribution in [3.8, 4) is 0 Å². The van der Waals surface area contributed by atoms with Gasteiger partial charge >= 0.3 is 6.03 Å². The second-order valence-corrected chi connectivity index (χ2v) is 9.12. The molecule has 1 aliphatic heterocycles. The second kappa shape index (κ2) is 10.1. The van der Waals surface area contributed by atoms with Crippen molar-refractivity contribution in [1.82, 2.24) is 19.8 Å². The summed E-state index contributed by atoms with van der Waals surface area (Å²) < 4.78 is 14.2. The highest BCUT2D eigenvalue weighted by atomic mass is 32.1. The summed E-state index contributed by atoms with van der Waals surface area (Å²) in [6.07, 6.45) is 1.55. The number of piperazine rings is 1. The van der Waals surface area contributed by atoms with Gasteiger partial charge in [-0.2, -0.15) is 0 Å². The summed E-state index contributed by atoms with van der Waals surface area (Å²) in [5, 5.41) is 6.06. The number of halogens is 1. The van der Waals surface area contributed by atoms with Gasteiger partial charge in [0.1, 0.15) is 11.5 Å². The topological polar surface area (TPSA) is 108 Å². The molecule has 11 heteroatoms. The van der Waals surface area contributed by atoms with Crippen molar-refractivity contribution >= 4 is 50.2 Å². The van der Waals surface area contributed by atoms with E-state index in [9.17, 15) is 18.8 Å². The molecule has 4 amide bonds. The van der Waals surface area contributed by atoms with Crippen molar-refractivity contribution in [3.63, 3.8) is 0 Å². The number of hydrogen-bond acceptors (Lipinski definition) is 6. The van der Waals surface area contributed by atoms with Crippen LogP contribution in [0.2, 0.25) is 0 Å². The average molecular weight is 505 g/mol. The van der Waals surface area contributed by atoms with Crippen molar-refractivity contribution in [2.45, 2.75) is 0 Å². The zero-order valence-corrected chi connectivity index (χ0v) is 19.8. The van der Waals surface area contributed by atoms with Gasteiger partial charge in [-0.15, -0.1) is 0 Å². The van der Waals surface area contributed by atoms with Gasteiger partial charge in [0.05, 0.1) is 10.2 Å². The molecular formula is C25H21FN6O3S. The van der Waals surface area contributed by atoms with Gasteiger partial charge in [0.25, 0.3) is 11.8 Å². The number of carbonyl (C=O) groups excluding carboxylic acids is 3. The van der Waals surface area contributed by atoms with E-state index in [0.29, 0.717) is 48.2 Å². The van der Waals surface area contributed by atoms with E-state index in [4.69, 9.17) is 0 Å². The van der Waals surface area contributed by atoms with Gasteiger partial charge in [0.15, 0.2) is 5.13 Å². The van der Waals surface area contributed by atoms with Crippen LogP contribution in [0.5, 0.6) is 0 Å². The number of anilines is 2. The number of thiazole rings is 1. The van der Waals surface area contributed by atoms with E-state index < -0.39 is 5.82 Å². The number of carbonyl (C=O) groups is 3. The van der Waals surface area contributed by atoms with Crippen LogP contribution in [0.3, 0.4) is 0 Å². The molecule has 0 saturated carbocycles. The molecule has 0 bridgehead atoms. The molecule has 5 rings (SSSR count). The summed E-state index contributed by atoms with van der Waals surface area (Å²) in [6, 6.07) is 15.7. The van der Waals surface area contributed by atoms with E-state index in [-0.39, 0.29) is 23.4 Å². The fourth-order valence-electron chi connectivity index (χ4n) is 3.84. The van der Waals surface area contributed by atoms with Crippen LogP contribution < -0.4 is 10.6 Å². The molecular weight excluding hydrogens is 483 g/mol. The smallest absolute Gasteiger partial charge is 0.323 e. The largest absolute Gasteiger partial charge is 0.335 e. The van der Waals surface area contributed by atoms with Gasteiger partial charge in [0.2, 0.25) is 0 Å². The minimum Gasteiger partial charge on any atom is -0.335 e. The summed E-state index contributed by atoms with van der Waals surface area (Å²) in [7, 11) is 0. The number of fused-ring (bicyclic) bond motifs is 1. The van der Waals surface area contributed by atoms with Crippen LogP contribution in [0.15, 0.2) is 66.9 Å². The van der Waals surface area contributed by atoms with Crippen molar-refractivity contribution < 1.29 is 18.8 Å². The van der Waals surface area contributed by atoms with E-state index in [2.05, 4.69) is 20.6 Å².